The van der Waals surface area contributed by atoms with E-state index in [2.05, 4.69) is 20.6 Å². The number of thioether (sulfide) groups is 2. The first-order chi connectivity index (χ1) is 18.9. The molecule has 0 saturated carbocycles. The number of aromatic nitrogens is 2. The second-order valence-electron chi connectivity index (χ2n) is 6.93. The maximum Gasteiger partial charge on any atom is 0.300 e. The molecule has 2 aromatic heterocycles. The number of nitrogens with one attached hydrogen (secondary N) is 2. The molecule has 1 saturated heterocycles. The third kappa shape index (κ3) is 19.8. The lowest BCUT2D eigenvalue weighted by atomic mass is 10.4. The van der Waals surface area contributed by atoms with Crippen LogP contribution in [0.3, 0.4) is 0 Å². The zero-order valence-electron chi connectivity index (χ0n) is 21.7. The SMILES string of the molecule is CC(=O)O.CSC(=C[N+](=O)[O-])SC.NCCNCc1cnc(Cl)s1.O=[N+]([O-])/C=C1\NCCN1Cc1cnc(Cl)s1. The molecular weight excluding hydrogens is 647 g/mol. The Balaban J connectivity index is 0.000000557. The van der Waals surface area contributed by atoms with E-state index in [-0.39, 0.29) is 0 Å². The fraction of sp³-hybridized carbons (Fsp3) is 0.450. The van der Waals surface area contributed by atoms with Gasteiger partial charge in [-0.2, -0.15) is 0 Å². The minimum atomic E-state index is -0.833. The number of hydrogen-bond donors (Lipinski definition) is 4. The van der Waals surface area contributed by atoms with E-state index in [1.54, 1.807) is 12.4 Å². The van der Waals surface area contributed by atoms with Gasteiger partial charge < -0.3 is 26.4 Å². The van der Waals surface area contributed by atoms with Gasteiger partial charge in [0.25, 0.3) is 18.4 Å². The molecule has 1 fully saturated rings. The van der Waals surface area contributed by atoms with E-state index in [4.69, 9.17) is 38.8 Å². The Morgan fingerprint density at radius 2 is 1.75 bits per heavy atom. The third-order valence-electron chi connectivity index (χ3n) is 3.89. The molecule has 3 heterocycles. The van der Waals surface area contributed by atoms with Gasteiger partial charge in [-0.25, -0.2) is 9.97 Å². The average Bonchev–Trinajstić information content (AvgIpc) is 3.60. The highest BCUT2D eigenvalue weighted by atomic mass is 35.5. The molecule has 3 rings (SSSR count). The van der Waals surface area contributed by atoms with E-state index in [1.807, 2.05) is 17.4 Å². The zero-order valence-corrected chi connectivity index (χ0v) is 26.5. The highest BCUT2D eigenvalue weighted by molar-refractivity contribution is 8.21. The fourth-order valence-electron chi connectivity index (χ4n) is 2.44. The van der Waals surface area contributed by atoms with Crippen molar-refractivity contribution in [2.24, 2.45) is 5.73 Å². The highest BCUT2D eigenvalue weighted by Gasteiger charge is 2.20. The monoisotopic (exact) mass is 676 g/mol. The predicted octanol–water partition coefficient (Wildman–Crippen LogP) is 4.00. The number of nitrogens with two attached hydrogens (primary N) is 1. The smallest absolute Gasteiger partial charge is 0.300 e. The maximum absolute atomic E-state index is 10.4. The second kappa shape index (κ2) is 22.5. The van der Waals surface area contributed by atoms with Crippen molar-refractivity contribution in [1.29, 1.82) is 0 Å². The lowest BCUT2D eigenvalue weighted by Gasteiger charge is -2.15. The van der Waals surface area contributed by atoms with Crippen molar-refractivity contribution in [3.8, 4) is 0 Å². The van der Waals surface area contributed by atoms with Crippen molar-refractivity contribution in [2.75, 3.05) is 38.7 Å². The van der Waals surface area contributed by atoms with E-state index >= 15 is 0 Å². The summed E-state index contributed by atoms with van der Waals surface area (Å²) in [5, 5.41) is 33.7. The first kappa shape index (κ1) is 37.8. The molecule has 224 valence electrons. The summed E-state index contributed by atoms with van der Waals surface area (Å²) in [6, 6.07) is 0. The number of nitro groups is 2. The van der Waals surface area contributed by atoms with Crippen LogP contribution in [0.15, 0.2) is 34.9 Å². The summed E-state index contributed by atoms with van der Waals surface area (Å²) in [6.07, 6.45) is 9.08. The van der Waals surface area contributed by atoms with Crippen LogP contribution >= 0.6 is 69.4 Å². The van der Waals surface area contributed by atoms with E-state index in [9.17, 15) is 20.2 Å². The predicted molar refractivity (Wildman–Crippen MR) is 164 cm³/mol. The molecule has 0 atom stereocenters. The first-order valence-electron chi connectivity index (χ1n) is 11.0. The number of halogens is 2. The van der Waals surface area contributed by atoms with Crippen molar-refractivity contribution in [1.82, 2.24) is 25.5 Å². The maximum atomic E-state index is 10.4. The van der Waals surface area contributed by atoms with Gasteiger partial charge in [-0.3, -0.25) is 25.0 Å². The highest BCUT2D eigenvalue weighted by Crippen LogP contribution is 2.23. The van der Waals surface area contributed by atoms with Crippen LogP contribution in [0.25, 0.3) is 0 Å². The molecule has 1 aliphatic heterocycles. The Hall–Kier alpha value is -2.19. The first-order valence-corrected chi connectivity index (χ1v) is 15.8. The summed E-state index contributed by atoms with van der Waals surface area (Å²) in [5.41, 5.74) is 5.30. The fourth-order valence-corrected chi connectivity index (χ4v) is 5.43. The quantitative estimate of drug-likeness (QED) is 0.160. The lowest BCUT2D eigenvalue weighted by molar-refractivity contribution is -0.404. The number of aliphatic carboxylic acids is 1. The van der Waals surface area contributed by atoms with Crippen LogP contribution in [0, 0.1) is 20.2 Å². The molecule has 0 amide bonds. The molecule has 0 unspecified atom stereocenters. The van der Waals surface area contributed by atoms with Crippen molar-refractivity contribution < 1.29 is 19.7 Å². The number of hydrogen-bond acceptors (Lipinski definition) is 15. The van der Waals surface area contributed by atoms with Gasteiger partial charge in [0.05, 0.1) is 16.4 Å². The van der Waals surface area contributed by atoms with Gasteiger partial charge in [0, 0.05) is 61.8 Å². The minimum absolute atomic E-state index is 0.442. The Morgan fingerprint density at radius 1 is 1.20 bits per heavy atom. The largest absolute Gasteiger partial charge is 0.481 e. The molecule has 5 N–H and O–H groups in total. The summed E-state index contributed by atoms with van der Waals surface area (Å²) >= 11 is 17.0. The van der Waals surface area contributed by atoms with Gasteiger partial charge in [0.2, 0.25) is 0 Å². The number of carbonyl (C=O) groups is 1. The standard InChI is InChI=1S/C8H9ClN4O2S.C6H10ClN3S.C4H7NO2S2.C2H4O2/c9-8-11-3-6(16-8)4-12-2-1-10-7(12)5-13(14)15;7-6-10-4-5(11-6)3-9-2-1-8;1-8-4(9-2)3-5(6)7;1-2(3)4/h3,5,10H,1-2,4H2;4,9H,1-3,8H2;3H,1-2H3;1H3,(H,3,4)/b7-5+;;;. The van der Waals surface area contributed by atoms with Crippen LogP contribution in [-0.2, 0) is 17.9 Å². The molecule has 40 heavy (non-hydrogen) atoms. The van der Waals surface area contributed by atoms with Crippen LogP contribution in [0.2, 0.25) is 8.93 Å². The molecule has 0 radical (unpaired) electrons. The normalized spacial score (nSPS) is 12.6. The summed E-state index contributed by atoms with van der Waals surface area (Å²) < 4.78 is 1.80. The molecule has 0 bridgehead atoms. The summed E-state index contributed by atoms with van der Waals surface area (Å²) in [6.45, 7) is 5.43. The summed E-state index contributed by atoms with van der Waals surface area (Å²) in [4.78, 5) is 40.2. The van der Waals surface area contributed by atoms with Crippen molar-refractivity contribution in [2.45, 2.75) is 20.0 Å². The number of carboxylic acids is 1. The topological polar surface area (TPSA) is 203 Å². The number of thiazole rings is 2. The minimum Gasteiger partial charge on any atom is -0.481 e. The van der Waals surface area contributed by atoms with Gasteiger partial charge in [0.15, 0.2) is 14.8 Å². The zero-order chi connectivity index (χ0) is 30.5. The van der Waals surface area contributed by atoms with Gasteiger partial charge in [0.1, 0.15) is 4.24 Å². The lowest BCUT2D eigenvalue weighted by Crippen LogP contribution is -2.21. The van der Waals surface area contributed by atoms with Crippen LogP contribution < -0.4 is 16.4 Å². The number of rotatable bonds is 10. The molecule has 2 aromatic rings. The van der Waals surface area contributed by atoms with E-state index in [0.717, 1.165) is 52.9 Å². The van der Waals surface area contributed by atoms with Crippen molar-refractivity contribution in [3.63, 3.8) is 0 Å². The van der Waals surface area contributed by atoms with Crippen LogP contribution in [0.1, 0.15) is 16.7 Å². The molecule has 0 spiro atoms. The Kier molecular flexibility index (Phi) is 21.3. The molecule has 20 heteroatoms. The van der Waals surface area contributed by atoms with E-state index < -0.39 is 15.8 Å². The third-order valence-corrected chi connectivity index (χ3v) is 8.12. The van der Waals surface area contributed by atoms with E-state index in [0.29, 0.717) is 34.4 Å². The Morgan fingerprint density at radius 3 is 2.15 bits per heavy atom. The Bertz CT molecular complexity index is 1110. The number of nitrogens with zero attached hydrogens (tertiary/aromatic N) is 5. The summed E-state index contributed by atoms with van der Waals surface area (Å²) in [7, 11) is 0. The molecule has 0 aliphatic carbocycles. The average molecular weight is 678 g/mol. The van der Waals surface area contributed by atoms with Gasteiger partial charge in [-0.05, 0) is 12.5 Å². The van der Waals surface area contributed by atoms with Gasteiger partial charge in [-0.1, -0.05) is 23.2 Å². The van der Waals surface area contributed by atoms with Crippen molar-refractivity contribution >= 4 is 75.4 Å². The molecule has 0 aromatic carbocycles. The van der Waals surface area contributed by atoms with Crippen LogP contribution in [-0.4, -0.2) is 74.5 Å². The molecule has 14 nitrogen and oxygen atoms in total. The van der Waals surface area contributed by atoms with Crippen LogP contribution in [0.4, 0.5) is 0 Å². The molecule has 1 aliphatic rings. The van der Waals surface area contributed by atoms with E-state index in [1.165, 1.54) is 46.2 Å². The van der Waals surface area contributed by atoms with Crippen molar-refractivity contribution in [3.05, 3.63) is 73.8 Å². The second-order valence-corrected chi connectivity index (χ2v) is 12.3. The molecular formula is C20H30Cl2N8O6S4. The van der Waals surface area contributed by atoms with Gasteiger partial charge >= 0.3 is 0 Å². The Labute approximate surface area is 257 Å². The van der Waals surface area contributed by atoms with Crippen LogP contribution in [0.5, 0.6) is 0 Å². The summed E-state index contributed by atoms with van der Waals surface area (Å²) in [5.74, 6) is -0.297. The number of carboxylic acid groups (broad SMARTS) is 1. The van der Waals surface area contributed by atoms with Gasteiger partial charge in [-0.15, -0.1) is 46.2 Å².